The second-order valence-corrected chi connectivity index (χ2v) is 5.30. The number of nitrogens with zero attached hydrogens (tertiary/aromatic N) is 4. The molecule has 0 aliphatic heterocycles. The van der Waals surface area contributed by atoms with Crippen LogP contribution >= 0.6 is 12.4 Å². The summed E-state index contributed by atoms with van der Waals surface area (Å²) in [6.07, 6.45) is 3.23. The van der Waals surface area contributed by atoms with Crippen LogP contribution in [0.2, 0.25) is 0 Å². The number of halogens is 1. The van der Waals surface area contributed by atoms with Crippen LogP contribution in [-0.2, 0) is 6.54 Å². The monoisotopic (exact) mass is 331 g/mol. The fourth-order valence-electron chi connectivity index (χ4n) is 2.20. The van der Waals surface area contributed by atoms with E-state index < -0.39 is 0 Å². The van der Waals surface area contributed by atoms with Crippen LogP contribution in [0.4, 0.5) is 0 Å². The molecule has 2 aromatic heterocycles. The van der Waals surface area contributed by atoms with Crippen molar-refractivity contribution in [1.29, 1.82) is 0 Å². The molecule has 120 valence electrons. The quantitative estimate of drug-likeness (QED) is 0.789. The Balaban J connectivity index is 0.00000192. The van der Waals surface area contributed by atoms with E-state index in [0.717, 1.165) is 22.4 Å². The first-order chi connectivity index (χ1) is 10.7. The van der Waals surface area contributed by atoms with Gasteiger partial charge in [0.25, 0.3) is 5.89 Å². The minimum Gasteiger partial charge on any atom is -0.333 e. The van der Waals surface area contributed by atoms with Gasteiger partial charge in [0.05, 0.1) is 11.3 Å². The highest BCUT2D eigenvalue weighted by atomic mass is 35.5. The van der Waals surface area contributed by atoms with Crippen LogP contribution in [0.15, 0.2) is 41.3 Å². The van der Waals surface area contributed by atoms with Crippen LogP contribution < -0.4 is 5.73 Å². The van der Waals surface area contributed by atoms with Gasteiger partial charge in [0.15, 0.2) is 0 Å². The number of benzene rings is 1. The summed E-state index contributed by atoms with van der Waals surface area (Å²) < 4.78 is 5.39. The van der Waals surface area contributed by atoms with Crippen LogP contribution in [0.5, 0.6) is 0 Å². The van der Waals surface area contributed by atoms with E-state index >= 15 is 0 Å². The van der Waals surface area contributed by atoms with E-state index in [1.807, 2.05) is 24.3 Å². The van der Waals surface area contributed by atoms with Crippen molar-refractivity contribution < 1.29 is 4.52 Å². The van der Waals surface area contributed by atoms with E-state index in [-0.39, 0.29) is 18.3 Å². The molecule has 23 heavy (non-hydrogen) atoms. The molecular weight excluding hydrogens is 314 g/mol. The average molecular weight is 332 g/mol. The molecule has 0 saturated heterocycles. The van der Waals surface area contributed by atoms with Gasteiger partial charge in [-0.25, -0.2) is 9.97 Å². The van der Waals surface area contributed by atoms with Gasteiger partial charge in [-0.05, 0) is 11.5 Å². The lowest BCUT2D eigenvalue weighted by molar-refractivity contribution is 0.431. The minimum atomic E-state index is 0. The Kier molecular flexibility index (Phi) is 5.41. The van der Waals surface area contributed by atoms with Gasteiger partial charge in [-0.2, -0.15) is 4.98 Å². The molecule has 0 aliphatic rings. The molecule has 0 unspecified atom stereocenters. The maximum Gasteiger partial charge on any atom is 0.261 e. The molecule has 3 aromatic rings. The van der Waals surface area contributed by atoms with Crippen LogP contribution in [0.25, 0.3) is 22.8 Å². The molecule has 2 heterocycles. The summed E-state index contributed by atoms with van der Waals surface area (Å²) >= 11 is 0. The van der Waals surface area contributed by atoms with Crippen molar-refractivity contribution in [2.24, 2.45) is 5.73 Å². The van der Waals surface area contributed by atoms with Gasteiger partial charge in [0, 0.05) is 18.3 Å². The molecule has 2 N–H and O–H groups in total. The molecule has 7 heteroatoms. The standard InChI is InChI=1S/C16H17N5O.ClH/c1-10(2)14-13(8-18-9-19-14)16-20-15(21-22-16)12-5-3-11(7-17)4-6-12;/h3-6,8-10H,7,17H2,1-2H3;1H. The molecular formula is C16H18ClN5O. The van der Waals surface area contributed by atoms with E-state index in [9.17, 15) is 0 Å². The lowest BCUT2D eigenvalue weighted by Gasteiger charge is -2.06. The van der Waals surface area contributed by atoms with E-state index in [2.05, 4.69) is 34.0 Å². The maximum atomic E-state index is 5.60. The number of rotatable bonds is 4. The summed E-state index contributed by atoms with van der Waals surface area (Å²) in [5.74, 6) is 1.22. The highest BCUT2D eigenvalue weighted by Crippen LogP contribution is 2.27. The van der Waals surface area contributed by atoms with E-state index in [0.29, 0.717) is 18.3 Å². The first-order valence-corrected chi connectivity index (χ1v) is 7.12. The van der Waals surface area contributed by atoms with Crippen LogP contribution in [0.1, 0.15) is 31.0 Å². The van der Waals surface area contributed by atoms with Crippen molar-refractivity contribution in [2.75, 3.05) is 0 Å². The summed E-state index contributed by atoms with van der Waals surface area (Å²) in [6.45, 7) is 4.64. The normalized spacial score (nSPS) is 10.6. The van der Waals surface area contributed by atoms with Crippen LogP contribution in [0, 0.1) is 0 Å². The van der Waals surface area contributed by atoms with Crippen LogP contribution in [-0.4, -0.2) is 20.1 Å². The molecule has 0 atom stereocenters. The molecule has 0 saturated carbocycles. The third-order valence-electron chi connectivity index (χ3n) is 3.39. The lowest BCUT2D eigenvalue weighted by Crippen LogP contribution is -1.97. The summed E-state index contributed by atoms with van der Waals surface area (Å²) in [6, 6.07) is 7.77. The van der Waals surface area contributed by atoms with Gasteiger partial charge < -0.3 is 10.3 Å². The number of hydrogen-bond acceptors (Lipinski definition) is 6. The van der Waals surface area contributed by atoms with Gasteiger partial charge in [-0.1, -0.05) is 43.3 Å². The number of aromatic nitrogens is 4. The molecule has 0 bridgehead atoms. The molecule has 1 aromatic carbocycles. The first kappa shape index (κ1) is 17.1. The molecule has 0 fully saturated rings. The third-order valence-corrected chi connectivity index (χ3v) is 3.39. The number of nitrogens with two attached hydrogens (primary N) is 1. The minimum absolute atomic E-state index is 0. The molecule has 6 nitrogen and oxygen atoms in total. The summed E-state index contributed by atoms with van der Waals surface area (Å²) in [7, 11) is 0. The topological polar surface area (TPSA) is 90.7 Å². The summed E-state index contributed by atoms with van der Waals surface area (Å²) in [4.78, 5) is 12.8. The fraction of sp³-hybridized carbons (Fsp3) is 0.250. The zero-order valence-corrected chi connectivity index (χ0v) is 13.7. The second kappa shape index (κ2) is 7.30. The van der Waals surface area contributed by atoms with E-state index in [1.165, 1.54) is 6.33 Å². The van der Waals surface area contributed by atoms with Crippen molar-refractivity contribution >= 4 is 12.4 Å². The van der Waals surface area contributed by atoms with Gasteiger partial charge >= 0.3 is 0 Å². The predicted molar refractivity (Wildman–Crippen MR) is 90.0 cm³/mol. The molecule has 3 rings (SSSR count). The molecule has 0 amide bonds. The Morgan fingerprint density at radius 1 is 1.17 bits per heavy atom. The van der Waals surface area contributed by atoms with Crippen molar-refractivity contribution in [3.63, 3.8) is 0 Å². The second-order valence-electron chi connectivity index (χ2n) is 5.30. The molecule has 0 aliphatic carbocycles. The van der Waals surface area contributed by atoms with Gasteiger partial charge in [0.2, 0.25) is 5.82 Å². The van der Waals surface area contributed by atoms with Crippen molar-refractivity contribution in [3.05, 3.63) is 48.0 Å². The van der Waals surface area contributed by atoms with E-state index in [1.54, 1.807) is 6.20 Å². The van der Waals surface area contributed by atoms with Crippen LogP contribution in [0.3, 0.4) is 0 Å². The lowest BCUT2D eigenvalue weighted by atomic mass is 10.1. The Labute approximate surface area is 140 Å². The van der Waals surface area contributed by atoms with Crippen molar-refractivity contribution in [2.45, 2.75) is 26.3 Å². The highest BCUT2D eigenvalue weighted by molar-refractivity contribution is 5.85. The fourth-order valence-corrected chi connectivity index (χ4v) is 2.20. The Bertz CT molecular complexity index is 770. The van der Waals surface area contributed by atoms with Gasteiger partial charge in [-0.3, -0.25) is 0 Å². The smallest absolute Gasteiger partial charge is 0.261 e. The first-order valence-electron chi connectivity index (χ1n) is 7.12. The van der Waals surface area contributed by atoms with E-state index in [4.69, 9.17) is 10.3 Å². The highest BCUT2D eigenvalue weighted by Gasteiger charge is 2.17. The zero-order valence-electron chi connectivity index (χ0n) is 12.9. The maximum absolute atomic E-state index is 5.60. The van der Waals surface area contributed by atoms with Crippen molar-refractivity contribution in [1.82, 2.24) is 20.1 Å². The average Bonchev–Trinajstić information content (AvgIpc) is 3.04. The Morgan fingerprint density at radius 2 is 1.91 bits per heavy atom. The summed E-state index contributed by atoms with van der Waals surface area (Å²) in [5, 5.41) is 4.05. The molecule has 0 spiro atoms. The molecule has 0 radical (unpaired) electrons. The Hall–Kier alpha value is -2.31. The third kappa shape index (κ3) is 3.55. The Morgan fingerprint density at radius 3 is 2.57 bits per heavy atom. The zero-order chi connectivity index (χ0) is 15.5. The predicted octanol–water partition coefficient (Wildman–Crippen LogP) is 3.20. The van der Waals surface area contributed by atoms with Gasteiger partial charge in [-0.15, -0.1) is 12.4 Å². The SMILES string of the molecule is CC(C)c1ncncc1-c1nc(-c2ccc(CN)cc2)no1.Cl. The largest absolute Gasteiger partial charge is 0.333 e. The van der Waals surface area contributed by atoms with Gasteiger partial charge in [0.1, 0.15) is 6.33 Å². The summed E-state index contributed by atoms with van der Waals surface area (Å²) in [5.41, 5.74) is 9.21. The number of hydrogen-bond donors (Lipinski definition) is 1. The van der Waals surface area contributed by atoms with Crippen molar-refractivity contribution in [3.8, 4) is 22.8 Å².